The third kappa shape index (κ3) is 4.03. The SMILES string of the molecule is O=C(C1CC1)N1CCCCN2[C@H](C1)[C@H](c1ccc(C#CC3CCCC3)cc1)[C@@H]2CO. The molecule has 4 aliphatic rings. The van der Waals surface area contributed by atoms with E-state index in [-0.39, 0.29) is 18.6 Å². The molecular formula is C26H34N2O2. The van der Waals surface area contributed by atoms with Crippen LogP contribution in [0.4, 0.5) is 0 Å². The zero-order valence-corrected chi connectivity index (χ0v) is 17.9. The van der Waals surface area contributed by atoms with Gasteiger partial charge in [0.05, 0.1) is 6.61 Å². The van der Waals surface area contributed by atoms with E-state index in [2.05, 4.69) is 45.9 Å². The summed E-state index contributed by atoms with van der Waals surface area (Å²) in [6.45, 7) is 2.91. The molecule has 2 saturated carbocycles. The molecule has 3 atom stereocenters. The molecule has 160 valence electrons. The summed E-state index contributed by atoms with van der Waals surface area (Å²) < 4.78 is 0. The Bertz CT molecular complexity index is 814. The monoisotopic (exact) mass is 406 g/mol. The third-order valence-corrected chi connectivity index (χ3v) is 7.68. The average Bonchev–Trinajstić information content (AvgIpc) is 3.47. The lowest BCUT2D eigenvalue weighted by Crippen LogP contribution is -2.68. The van der Waals surface area contributed by atoms with Crippen molar-refractivity contribution in [2.75, 3.05) is 26.2 Å². The number of amides is 1. The number of nitrogens with zero attached hydrogens (tertiary/aromatic N) is 2. The first-order valence-electron chi connectivity index (χ1n) is 12.0. The van der Waals surface area contributed by atoms with Crippen LogP contribution in [0.3, 0.4) is 0 Å². The van der Waals surface area contributed by atoms with Gasteiger partial charge in [-0.25, -0.2) is 0 Å². The average molecular weight is 407 g/mol. The first kappa shape index (κ1) is 20.1. The van der Waals surface area contributed by atoms with Gasteiger partial charge in [-0.3, -0.25) is 9.69 Å². The Kier molecular flexibility index (Phi) is 5.85. The van der Waals surface area contributed by atoms with Crippen LogP contribution >= 0.6 is 0 Å². The molecule has 4 nitrogen and oxygen atoms in total. The Balaban J connectivity index is 1.32. The van der Waals surface area contributed by atoms with Crippen molar-refractivity contribution in [1.29, 1.82) is 0 Å². The Hall–Kier alpha value is -1.83. The maximum atomic E-state index is 12.8. The van der Waals surface area contributed by atoms with Crippen molar-refractivity contribution >= 4 is 5.91 Å². The number of benzene rings is 1. The third-order valence-electron chi connectivity index (χ3n) is 7.68. The Labute approximate surface area is 180 Å². The van der Waals surface area contributed by atoms with Crippen LogP contribution in [-0.2, 0) is 4.79 Å². The van der Waals surface area contributed by atoms with Crippen LogP contribution in [0.5, 0.6) is 0 Å². The fourth-order valence-corrected chi connectivity index (χ4v) is 5.77. The summed E-state index contributed by atoms with van der Waals surface area (Å²) in [5.41, 5.74) is 2.37. The van der Waals surface area contributed by atoms with E-state index in [1.54, 1.807) is 0 Å². The van der Waals surface area contributed by atoms with E-state index in [9.17, 15) is 9.90 Å². The first-order valence-corrected chi connectivity index (χ1v) is 12.0. The second-order valence-electron chi connectivity index (χ2n) is 9.72. The number of fused-ring (bicyclic) bond motifs is 1. The summed E-state index contributed by atoms with van der Waals surface area (Å²) in [4.78, 5) is 17.3. The molecule has 1 N–H and O–H groups in total. The lowest BCUT2D eigenvalue weighted by molar-refractivity contribution is -0.137. The molecule has 4 fully saturated rings. The quantitative estimate of drug-likeness (QED) is 0.783. The van der Waals surface area contributed by atoms with Crippen LogP contribution in [0.1, 0.15) is 68.4 Å². The molecule has 1 aromatic rings. The van der Waals surface area contributed by atoms with Crippen LogP contribution in [0.15, 0.2) is 24.3 Å². The molecule has 1 aromatic carbocycles. The molecule has 2 saturated heterocycles. The summed E-state index contributed by atoms with van der Waals surface area (Å²) >= 11 is 0. The van der Waals surface area contributed by atoms with Crippen LogP contribution in [0.25, 0.3) is 0 Å². The maximum Gasteiger partial charge on any atom is 0.225 e. The van der Waals surface area contributed by atoms with E-state index in [4.69, 9.17) is 0 Å². The molecule has 2 heterocycles. The van der Waals surface area contributed by atoms with Gasteiger partial charge in [0, 0.05) is 48.5 Å². The van der Waals surface area contributed by atoms with E-state index in [0.29, 0.717) is 23.8 Å². The Morgan fingerprint density at radius 1 is 1.00 bits per heavy atom. The Morgan fingerprint density at radius 3 is 2.43 bits per heavy atom. The highest BCUT2D eigenvalue weighted by Crippen LogP contribution is 2.42. The second-order valence-corrected chi connectivity index (χ2v) is 9.72. The second kappa shape index (κ2) is 8.73. The number of carbonyl (C=O) groups is 1. The highest BCUT2D eigenvalue weighted by Gasteiger charge is 2.50. The van der Waals surface area contributed by atoms with E-state index in [0.717, 1.165) is 50.9 Å². The summed E-state index contributed by atoms with van der Waals surface area (Å²) in [7, 11) is 0. The maximum absolute atomic E-state index is 12.8. The molecule has 0 unspecified atom stereocenters. The van der Waals surface area contributed by atoms with E-state index < -0.39 is 0 Å². The van der Waals surface area contributed by atoms with Crippen molar-refractivity contribution in [3.8, 4) is 11.8 Å². The largest absolute Gasteiger partial charge is 0.395 e. The summed E-state index contributed by atoms with van der Waals surface area (Å²) in [5.74, 6) is 8.33. The highest BCUT2D eigenvalue weighted by atomic mass is 16.3. The van der Waals surface area contributed by atoms with Crippen LogP contribution in [0.2, 0.25) is 0 Å². The lowest BCUT2D eigenvalue weighted by Gasteiger charge is -2.57. The van der Waals surface area contributed by atoms with Gasteiger partial charge in [0.1, 0.15) is 0 Å². The van der Waals surface area contributed by atoms with E-state index >= 15 is 0 Å². The van der Waals surface area contributed by atoms with Crippen molar-refractivity contribution < 1.29 is 9.90 Å². The number of aliphatic hydroxyl groups excluding tert-OH is 1. The fraction of sp³-hybridized carbons (Fsp3) is 0.654. The van der Waals surface area contributed by atoms with E-state index in [1.807, 2.05) is 0 Å². The number of aliphatic hydroxyl groups is 1. The van der Waals surface area contributed by atoms with Gasteiger partial charge in [-0.15, -0.1) is 0 Å². The van der Waals surface area contributed by atoms with Gasteiger partial charge in [0.2, 0.25) is 5.91 Å². The van der Waals surface area contributed by atoms with Crippen molar-refractivity contribution in [3.63, 3.8) is 0 Å². The predicted octanol–water partition coefficient (Wildman–Crippen LogP) is 3.39. The minimum atomic E-state index is 0.168. The van der Waals surface area contributed by atoms with Crippen LogP contribution < -0.4 is 0 Å². The molecule has 0 spiro atoms. The number of hydrogen-bond donors (Lipinski definition) is 1. The standard InChI is InChI=1S/C26H34N2O2/c29-18-24-25(21-11-9-20(10-12-21)8-7-19-5-1-2-6-19)23-17-27(26(30)22-13-14-22)15-3-4-16-28(23)24/h9-12,19,22-25,29H,1-6,13-18H2/t23-,24+,25+/m1/s1. The van der Waals surface area contributed by atoms with Gasteiger partial charge in [-0.2, -0.15) is 0 Å². The normalized spacial score (nSPS) is 29.9. The van der Waals surface area contributed by atoms with Crippen LogP contribution in [0, 0.1) is 23.7 Å². The minimum absolute atomic E-state index is 0.168. The molecule has 0 aromatic heterocycles. The van der Waals surface area contributed by atoms with Gasteiger partial charge in [0.25, 0.3) is 0 Å². The Morgan fingerprint density at radius 2 is 1.73 bits per heavy atom. The predicted molar refractivity (Wildman–Crippen MR) is 118 cm³/mol. The molecule has 4 heteroatoms. The zero-order valence-electron chi connectivity index (χ0n) is 17.9. The van der Waals surface area contributed by atoms with Gasteiger partial charge in [0.15, 0.2) is 0 Å². The first-order chi connectivity index (χ1) is 14.7. The minimum Gasteiger partial charge on any atom is -0.395 e. The molecule has 5 rings (SSSR count). The molecule has 1 amide bonds. The van der Waals surface area contributed by atoms with Gasteiger partial charge < -0.3 is 10.0 Å². The van der Waals surface area contributed by atoms with Crippen molar-refractivity contribution in [2.45, 2.75) is 69.4 Å². The van der Waals surface area contributed by atoms with Crippen molar-refractivity contribution in [1.82, 2.24) is 9.80 Å². The fourth-order valence-electron chi connectivity index (χ4n) is 5.77. The zero-order chi connectivity index (χ0) is 20.5. The van der Waals surface area contributed by atoms with Crippen molar-refractivity contribution in [3.05, 3.63) is 35.4 Å². The van der Waals surface area contributed by atoms with Crippen LogP contribution in [-0.4, -0.2) is 59.1 Å². The molecule has 2 aliphatic carbocycles. The molecule has 0 radical (unpaired) electrons. The molecular weight excluding hydrogens is 372 g/mol. The number of hydrogen-bond acceptors (Lipinski definition) is 3. The van der Waals surface area contributed by atoms with Gasteiger partial charge in [-0.1, -0.05) is 36.8 Å². The molecule has 30 heavy (non-hydrogen) atoms. The summed E-state index contributed by atoms with van der Waals surface area (Å²) in [6.07, 6.45) is 9.44. The number of rotatable bonds is 3. The lowest BCUT2D eigenvalue weighted by atomic mass is 9.74. The molecule has 0 bridgehead atoms. The van der Waals surface area contributed by atoms with E-state index in [1.165, 1.54) is 31.2 Å². The van der Waals surface area contributed by atoms with Gasteiger partial charge in [-0.05, 0) is 62.8 Å². The van der Waals surface area contributed by atoms with Gasteiger partial charge >= 0.3 is 0 Å². The van der Waals surface area contributed by atoms with Crippen molar-refractivity contribution in [2.24, 2.45) is 11.8 Å². The number of carbonyl (C=O) groups excluding carboxylic acids is 1. The molecule has 2 aliphatic heterocycles. The summed E-state index contributed by atoms with van der Waals surface area (Å²) in [6, 6.07) is 9.18. The smallest absolute Gasteiger partial charge is 0.225 e. The topological polar surface area (TPSA) is 43.8 Å². The highest BCUT2D eigenvalue weighted by molar-refractivity contribution is 5.81. The summed E-state index contributed by atoms with van der Waals surface area (Å²) in [5, 5.41) is 10.1.